The van der Waals surface area contributed by atoms with Gasteiger partial charge >= 0.3 is 0 Å². The van der Waals surface area contributed by atoms with Crippen LogP contribution in [0.2, 0.25) is 0 Å². The third kappa shape index (κ3) is 3.44. The number of nitrogens with zero attached hydrogens (tertiary/aromatic N) is 5. The van der Waals surface area contributed by atoms with E-state index in [9.17, 15) is 9.18 Å². The Bertz CT molecular complexity index is 905. The smallest absolute Gasteiger partial charge is 0.251 e. The molecule has 0 aromatic carbocycles. The summed E-state index contributed by atoms with van der Waals surface area (Å²) in [5.74, 6) is -0.669. The normalized spacial score (nSPS) is 11.3. The number of rotatable bonds is 5. The highest BCUT2D eigenvalue weighted by Gasteiger charge is 2.26. The van der Waals surface area contributed by atoms with Gasteiger partial charge in [-0.05, 0) is 26.0 Å². The highest BCUT2D eigenvalue weighted by atomic mass is 19.1. The quantitative estimate of drug-likeness (QED) is 0.730. The van der Waals surface area contributed by atoms with Gasteiger partial charge in [0.1, 0.15) is 17.2 Å². The van der Waals surface area contributed by atoms with Crippen LogP contribution < -0.4 is 11.1 Å². The first kappa shape index (κ1) is 16.5. The molecule has 0 bridgehead atoms. The number of nitrogens with one attached hydrogen (secondary N) is 1. The van der Waals surface area contributed by atoms with Crippen LogP contribution in [0.1, 0.15) is 29.9 Å². The number of pyridine rings is 1. The SMILES string of the molecule is CC(C)(Nc1ncc(-n2cc(C(N)=O)cn2)cn1)c1ncccc1F. The van der Waals surface area contributed by atoms with Gasteiger partial charge in [0.2, 0.25) is 5.95 Å². The van der Waals surface area contributed by atoms with Crippen LogP contribution in [-0.2, 0) is 5.54 Å². The van der Waals surface area contributed by atoms with Gasteiger partial charge in [-0.25, -0.2) is 19.0 Å². The molecule has 0 unspecified atom stereocenters. The van der Waals surface area contributed by atoms with Crippen molar-refractivity contribution in [1.82, 2.24) is 24.7 Å². The van der Waals surface area contributed by atoms with Gasteiger partial charge in [-0.1, -0.05) is 0 Å². The molecule has 25 heavy (non-hydrogen) atoms. The first-order valence-electron chi connectivity index (χ1n) is 7.43. The molecule has 0 fully saturated rings. The molecule has 128 valence electrons. The molecule has 9 heteroatoms. The number of hydrogen-bond acceptors (Lipinski definition) is 6. The summed E-state index contributed by atoms with van der Waals surface area (Å²) in [5, 5.41) is 7.08. The fourth-order valence-electron chi connectivity index (χ4n) is 2.28. The number of nitrogens with two attached hydrogens (primary N) is 1. The number of primary amides is 1. The fourth-order valence-corrected chi connectivity index (χ4v) is 2.28. The van der Waals surface area contributed by atoms with Crippen LogP contribution in [0.25, 0.3) is 5.69 Å². The zero-order chi connectivity index (χ0) is 18.0. The molecule has 0 saturated heterocycles. The van der Waals surface area contributed by atoms with Crippen molar-refractivity contribution in [3.63, 3.8) is 0 Å². The van der Waals surface area contributed by atoms with E-state index in [1.807, 2.05) is 0 Å². The number of amides is 1. The molecule has 0 aliphatic rings. The Morgan fingerprint density at radius 1 is 1.24 bits per heavy atom. The molecule has 3 rings (SSSR count). The number of carbonyl (C=O) groups excluding carboxylic acids is 1. The molecule has 0 saturated carbocycles. The minimum atomic E-state index is -0.808. The first-order valence-corrected chi connectivity index (χ1v) is 7.43. The summed E-state index contributed by atoms with van der Waals surface area (Å²) < 4.78 is 15.4. The van der Waals surface area contributed by atoms with E-state index in [1.165, 1.54) is 47.8 Å². The number of halogens is 1. The Kier molecular flexibility index (Phi) is 4.14. The van der Waals surface area contributed by atoms with Gasteiger partial charge in [-0.3, -0.25) is 9.78 Å². The second-order valence-corrected chi connectivity index (χ2v) is 5.89. The number of carbonyl (C=O) groups is 1. The van der Waals surface area contributed by atoms with Crippen LogP contribution in [0.4, 0.5) is 10.3 Å². The van der Waals surface area contributed by atoms with E-state index in [4.69, 9.17) is 5.73 Å². The Balaban J connectivity index is 1.80. The van der Waals surface area contributed by atoms with Gasteiger partial charge in [0.25, 0.3) is 5.91 Å². The summed E-state index contributed by atoms with van der Waals surface area (Å²) in [7, 11) is 0. The average molecular weight is 341 g/mol. The topological polar surface area (TPSA) is 112 Å². The Labute approximate surface area is 142 Å². The van der Waals surface area contributed by atoms with Gasteiger partial charge in [0.15, 0.2) is 0 Å². The molecular weight excluding hydrogens is 325 g/mol. The lowest BCUT2D eigenvalue weighted by molar-refractivity contribution is 0.100. The van der Waals surface area contributed by atoms with Crippen LogP contribution in [0.3, 0.4) is 0 Å². The number of hydrogen-bond donors (Lipinski definition) is 2. The molecule has 0 aliphatic heterocycles. The zero-order valence-corrected chi connectivity index (χ0v) is 13.6. The second-order valence-electron chi connectivity index (χ2n) is 5.89. The van der Waals surface area contributed by atoms with Crippen molar-refractivity contribution < 1.29 is 9.18 Å². The molecule has 3 N–H and O–H groups in total. The van der Waals surface area contributed by atoms with Crippen molar-refractivity contribution in [2.75, 3.05) is 5.32 Å². The van der Waals surface area contributed by atoms with Gasteiger partial charge in [-0.15, -0.1) is 0 Å². The minimum Gasteiger partial charge on any atom is -0.366 e. The Morgan fingerprint density at radius 2 is 1.96 bits per heavy atom. The van der Waals surface area contributed by atoms with Gasteiger partial charge in [0, 0.05) is 12.4 Å². The third-order valence-corrected chi connectivity index (χ3v) is 3.54. The Hall–Kier alpha value is -3.36. The standard InChI is InChI=1S/C16H16FN7O/c1-16(2,13-12(17)4-3-5-19-13)23-15-20-7-11(8-21-15)24-9-10(6-22-24)14(18)25/h3-9H,1-2H3,(H2,18,25)(H,20,21,23). The maximum Gasteiger partial charge on any atom is 0.251 e. The summed E-state index contributed by atoms with van der Waals surface area (Å²) in [5.41, 5.74) is 5.49. The summed E-state index contributed by atoms with van der Waals surface area (Å²) in [6, 6.07) is 2.88. The zero-order valence-electron chi connectivity index (χ0n) is 13.6. The largest absolute Gasteiger partial charge is 0.366 e. The Morgan fingerprint density at radius 3 is 2.56 bits per heavy atom. The average Bonchev–Trinajstić information content (AvgIpc) is 3.06. The molecule has 3 heterocycles. The van der Waals surface area contributed by atoms with Crippen LogP contribution in [0, 0.1) is 5.82 Å². The summed E-state index contributed by atoms with van der Waals surface area (Å²) in [6.07, 6.45) is 7.43. The predicted molar refractivity (Wildman–Crippen MR) is 88.5 cm³/mol. The molecule has 3 aromatic rings. The monoisotopic (exact) mass is 341 g/mol. The van der Waals surface area contributed by atoms with Gasteiger partial charge in [0.05, 0.1) is 29.7 Å². The number of aromatic nitrogens is 5. The van der Waals surface area contributed by atoms with E-state index >= 15 is 0 Å². The lowest BCUT2D eigenvalue weighted by atomic mass is 9.99. The number of anilines is 1. The maximum absolute atomic E-state index is 13.9. The van der Waals surface area contributed by atoms with Crippen molar-refractivity contribution in [1.29, 1.82) is 0 Å². The van der Waals surface area contributed by atoms with E-state index in [1.54, 1.807) is 13.8 Å². The van der Waals surface area contributed by atoms with Crippen molar-refractivity contribution in [3.8, 4) is 5.69 Å². The van der Waals surface area contributed by atoms with Crippen LogP contribution in [0.5, 0.6) is 0 Å². The van der Waals surface area contributed by atoms with E-state index in [0.29, 0.717) is 11.6 Å². The van der Waals surface area contributed by atoms with Crippen LogP contribution >= 0.6 is 0 Å². The maximum atomic E-state index is 13.9. The molecule has 0 aliphatic carbocycles. The molecule has 0 atom stereocenters. The van der Waals surface area contributed by atoms with Crippen LogP contribution in [0.15, 0.2) is 43.1 Å². The van der Waals surface area contributed by atoms with E-state index < -0.39 is 17.3 Å². The first-order chi connectivity index (χ1) is 11.9. The van der Waals surface area contributed by atoms with E-state index in [-0.39, 0.29) is 11.3 Å². The fraction of sp³-hybridized carbons (Fsp3) is 0.188. The summed E-state index contributed by atoms with van der Waals surface area (Å²) >= 11 is 0. The molecule has 0 radical (unpaired) electrons. The van der Waals surface area contributed by atoms with E-state index in [0.717, 1.165) is 0 Å². The molecular formula is C16H16FN7O. The lowest BCUT2D eigenvalue weighted by Gasteiger charge is -2.25. The molecule has 0 spiro atoms. The predicted octanol–water partition coefficient (Wildman–Crippen LogP) is 1.64. The van der Waals surface area contributed by atoms with Crippen molar-refractivity contribution in [3.05, 3.63) is 60.2 Å². The van der Waals surface area contributed by atoms with Crippen LogP contribution in [-0.4, -0.2) is 30.6 Å². The molecule has 1 amide bonds. The van der Waals surface area contributed by atoms with Crippen molar-refractivity contribution in [2.24, 2.45) is 5.73 Å². The molecule has 8 nitrogen and oxygen atoms in total. The van der Waals surface area contributed by atoms with E-state index in [2.05, 4.69) is 25.4 Å². The highest BCUT2D eigenvalue weighted by molar-refractivity contribution is 5.92. The second kappa shape index (κ2) is 6.27. The summed E-state index contributed by atoms with van der Waals surface area (Å²) in [6.45, 7) is 3.56. The lowest BCUT2D eigenvalue weighted by Crippen LogP contribution is -2.31. The summed E-state index contributed by atoms with van der Waals surface area (Å²) in [4.78, 5) is 23.6. The third-order valence-electron chi connectivity index (χ3n) is 3.54. The van der Waals surface area contributed by atoms with Gasteiger partial charge in [-0.2, -0.15) is 5.10 Å². The highest BCUT2D eigenvalue weighted by Crippen LogP contribution is 2.24. The van der Waals surface area contributed by atoms with Crippen molar-refractivity contribution >= 4 is 11.9 Å². The van der Waals surface area contributed by atoms with Gasteiger partial charge < -0.3 is 11.1 Å². The minimum absolute atomic E-state index is 0.265. The van der Waals surface area contributed by atoms with Crippen molar-refractivity contribution in [2.45, 2.75) is 19.4 Å². The molecule has 3 aromatic heterocycles.